The SMILES string of the molecule is C[Si](C)(C)c1cnc(-c2[c-]cccc2)cc1CC1CCCCC1.Cc1cc2nc(-c3[c-]cnc4c3oc3nc(C)ccc34)n(-c3c(C)cc(-c4ccccc4)cc3C)c2cn1.[Ir]. The minimum Gasteiger partial charge on any atom is -0.499 e. The van der Waals surface area contributed by atoms with Crippen LogP contribution >= 0.6 is 0 Å². The van der Waals surface area contributed by atoms with Gasteiger partial charge in [0.1, 0.15) is 0 Å². The molecule has 1 saturated carbocycles. The van der Waals surface area contributed by atoms with Gasteiger partial charge in [-0.1, -0.05) is 93.7 Å². The van der Waals surface area contributed by atoms with Gasteiger partial charge in [-0.25, -0.2) is 4.98 Å². The van der Waals surface area contributed by atoms with Gasteiger partial charge in [0, 0.05) is 49.2 Å². The van der Waals surface area contributed by atoms with Crippen molar-refractivity contribution >= 4 is 46.5 Å². The Morgan fingerprint density at radius 3 is 2.23 bits per heavy atom. The van der Waals surface area contributed by atoms with Crippen molar-refractivity contribution in [2.45, 2.75) is 85.9 Å². The Morgan fingerprint density at radius 2 is 1.50 bits per heavy atom. The van der Waals surface area contributed by atoms with Crippen molar-refractivity contribution in [3.05, 3.63) is 150 Å². The number of hydrogen-bond acceptors (Lipinski definition) is 6. The number of aryl methyl sites for hydroxylation is 4. The molecule has 7 nitrogen and oxygen atoms in total. The number of fused-ring (bicyclic) bond motifs is 4. The van der Waals surface area contributed by atoms with Crippen LogP contribution in [-0.2, 0) is 26.5 Å². The Hall–Kier alpha value is -5.60. The summed E-state index contributed by atoms with van der Waals surface area (Å²) in [5, 5.41) is 2.42. The van der Waals surface area contributed by atoms with E-state index >= 15 is 0 Å². The summed E-state index contributed by atoms with van der Waals surface area (Å²) in [6.07, 6.45) is 14.1. The maximum absolute atomic E-state index is 6.29. The first kappa shape index (κ1) is 43.1. The summed E-state index contributed by atoms with van der Waals surface area (Å²) in [5.41, 5.74) is 15.7. The van der Waals surface area contributed by atoms with Crippen molar-refractivity contribution in [3.8, 4) is 39.5 Å². The Morgan fingerprint density at radius 1 is 0.742 bits per heavy atom. The molecular weight excluding hydrogens is 957 g/mol. The molecule has 315 valence electrons. The van der Waals surface area contributed by atoms with Gasteiger partial charge in [0.2, 0.25) is 5.71 Å². The molecule has 3 aromatic carbocycles. The van der Waals surface area contributed by atoms with Crippen molar-refractivity contribution in [2.24, 2.45) is 5.92 Å². The van der Waals surface area contributed by atoms with Gasteiger partial charge in [-0.2, -0.15) is 0 Å². The van der Waals surface area contributed by atoms with E-state index in [0.29, 0.717) is 11.3 Å². The Bertz CT molecular complexity index is 3000. The number of nitrogens with zero attached hydrogens (tertiary/aromatic N) is 6. The van der Waals surface area contributed by atoms with Crippen LogP contribution in [0.2, 0.25) is 19.6 Å². The van der Waals surface area contributed by atoms with Gasteiger partial charge in [0.25, 0.3) is 0 Å². The number of benzene rings is 3. The fourth-order valence-corrected chi connectivity index (χ4v) is 10.7. The van der Waals surface area contributed by atoms with Crippen LogP contribution in [0.5, 0.6) is 0 Å². The van der Waals surface area contributed by atoms with Crippen LogP contribution in [-0.4, -0.2) is 37.6 Å². The maximum atomic E-state index is 6.29. The molecule has 9 aromatic rings. The average molecular weight is 1010 g/mol. The number of pyridine rings is 4. The number of furan rings is 1. The van der Waals surface area contributed by atoms with Crippen molar-refractivity contribution in [1.82, 2.24) is 29.5 Å². The Balaban J connectivity index is 0.000000190. The summed E-state index contributed by atoms with van der Waals surface area (Å²) < 4.78 is 8.47. The van der Waals surface area contributed by atoms with E-state index in [1.54, 1.807) is 16.9 Å². The van der Waals surface area contributed by atoms with Crippen LogP contribution in [0, 0.1) is 45.7 Å². The summed E-state index contributed by atoms with van der Waals surface area (Å²) >= 11 is 0. The second-order valence-corrected chi connectivity index (χ2v) is 22.8. The van der Waals surface area contributed by atoms with E-state index < -0.39 is 8.07 Å². The van der Waals surface area contributed by atoms with Crippen LogP contribution in [0.25, 0.3) is 72.7 Å². The monoisotopic (exact) mass is 1010 g/mol. The van der Waals surface area contributed by atoms with Gasteiger partial charge < -0.3 is 14.0 Å². The van der Waals surface area contributed by atoms with E-state index in [4.69, 9.17) is 14.4 Å². The molecule has 62 heavy (non-hydrogen) atoms. The van der Waals surface area contributed by atoms with E-state index in [0.717, 1.165) is 78.7 Å². The summed E-state index contributed by atoms with van der Waals surface area (Å²) in [5.74, 6) is 1.60. The molecule has 0 bridgehead atoms. The number of aromatic nitrogens is 6. The molecule has 0 saturated heterocycles. The molecule has 1 fully saturated rings. The first-order valence-corrected chi connectivity index (χ1v) is 25.1. The molecule has 0 unspecified atom stereocenters. The van der Waals surface area contributed by atoms with Gasteiger partial charge in [-0.3, -0.25) is 15.0 Å². The fraction of sp³-hybridized carbons (Fsp3) is 0.264. The molecule has 0 spiro atoms. The fourth-order valence-electron chi connectivity index (χ4n) is 9.07. The van der Waals surface area contributed by atoms with Crippen molar-refractivity contribution in [3.63, 3.8) is 0 Å². The summed E-state index contributed by atoms with van der Waals surface area (Å²) in [4.78, 5) is 23.7. The minimum absolute atomic E-state index is 0. The molecule has 9 heteroatoms. The van der Waals surface area contributed by atoms with Gasteiger partial charge in [-0.15, -0.1) is 47.5 Å². The molecule has 1 aliphatic rings. The zero-order chi connectivity index (χ0) is 42.3. The third kappa shape index (κ3) is 8.72. The molecule has 1 aliphatic carbocycles. The summed E-state index contributed by atoms with van der Waals surface area (Å²) in [6.45, 7) is 15.5. The number of imidazole rings is 1. The molecule has 0 atom stereocenters. The number of hydrogen-bond donors (Lipinski definition) is 0. The van der Waals surface area contributed by atoms with E-state index in [1.165, 1.54) is 49.7 Å². The normalized spacial score (nSPS) is 13.3. The first-order chi connectivity index (χ1) is 29.5. The smallest absolute Gasteiger partial charge is 0.215 e. The second-order valence-electron chi connectivity index (χ2n) is 17.7. The van der Waals surface area contributed by atoms with E-state index in [9.17, 15) is 0 Å². The molecule has 0 N–H and O–H groups in total. The standard InChI is InChI=1S/C32H24N5O.C21H28NSi.Ir/c1-18-14-23(22-8-6-5-7-9-22)15-19(2)29(18)37-27-17-34-21(4)16-26(27)36-31(37)25-12-13-33-28-24-11-10-20(3)35-32(24)38-30(25)28;1-23(2,3)21-16-22-20(18-12-8-5-9-13-18)15-19(21)14-17-10-6-4-7-11-17;/h5-11,13-17H,1-4H3;5,8-9,12,15-17H,4,6-7,10-11,14H2,1-3H3;/q2*-1;. The maximum Gasteiger partial charge on any atom is 0.215 e. The zero-order valence-electron chi connectivity index (χ0n) is 36.6. The van der Waals surface area contributed by atoms with Gasteiger partial charge in [-0.05, 0) is 110 Å². The summed E-state index contributed by atoms with van der Waals surface area (Å²) in [6, 6.07) is 38.1. The van der Waals surface area contributed by atoms with Crippen LogP contribution in [0.1, 0.15) is 60.2 Å². The minimum atomic E-state index is -1.36. The Kier molecular flexibility index (Phi) is 12.5. The predicted octanol–water partition coefficient (Wildman–Crippen LogP) is 12.7. The molecular formula is C53H52IrN6OSi-2. The van der Waals surface area contributed by atoms with Crippen molar-refractivity contribution < 1.29 is 24.5 Å². The van der Waals surface area contributed by atoms with Gasteiger partial charge >= 0.3 is 0 Å². The molecule has 1 radical (unpaired) electrons. The van der Waals surface area contributed by atoms with E-state index in [-0.39, 0.29) is 20.1 Å². The van der Waals surface area contributed by atoms with Crippen LogP contribution in [0.15, 0.2) is 114 Å². The molecule has 6 heterocycles. The quantitative estimate of drug-likeness (QED) is 0.117. The molecule has 6 aromatic heterocycles. The van der Waals surface area contributed by atoms with E-state index in [1.807, 2.05) is 56.4 Å². The van der Waals surface area contributed by atoms with Crippen LogP contribution < -0.4 is 5.19 Å². The molecule has 10 rings (SSSR count). The Labute approximate surface area is 379 Å². The predicted molar refractivity (Wildman–Crippen MR) is 252 cm³/mol. The molecule has 0 amide bonds. The van der Waals surface area contributed by atoms with Crippen molar-refractivity contribution in [1.29, 1.82) is 0 Å². The third-order valence-corrected chi connectivity index (χ3v) is 14.1. The second kappa shape index (κ2) is 18.0. The summed E-state index contributed by atoms with van der Waals surface area (Å²) in [7, 11) is -1.36. The van der Waals surface area contributed by atoms with Crippen LogP contribution in [0.4, 0.5) is 0 Å². The number of rotatable bonds is 7. The average Bonchev–Trinajstić information content (AvgIpc) is 3.82. The van der Waals surface area contributed by atoms with Crippen LogP contribution in [0.3, 0.4) is 0 Å². The van der Waals surface area contributed by atoms with Gasteiger partial charge in [0.15, 0.2) is 0 Å². The topological polar surface area (TPSA) is 82.5 Å². The third-order valence-electron chi connectivity index (χ3n) is 12.0. The first-order valence-electron chi connectivity index (χ1n) is 21.6. The van der Waals surface area contributed by atoms with Crippen molar-refractivity contribution in [2.75, 3.05) is 0 Å². The molecule has 0 aliphatic heterocycles. The largest absolute Gasteiger partial charge is 0.499 e. The van der Waals surface area contributed by atoms with E-state index in [2.05, 4.69) is 126 Å². The zero-order valence-corrected chi connectivity index (χ0v) is 40.0. The van der Waals surface area contributed by atoms with Gasteiger partial charge in [0.05, 0.1) is 41.8 Å².